The van der Waals surface area contributed by atoms with Crippen LogP contribution in [0, 0.1) is 0 Å². The maximum absolute atomic E-state index is 6.00. The number of fused-ring (bicyclic) bond motifs is 1. The minimum atomic E-state index is 0.817. The molecule has 3 rings (SSSR count). The van der Waals surface area contributed by atoms with E-state index < -0.39 is 0 Å². The van der Waals surface area contributed by atoms with E-state index in [0.29, 0.717) is 0 Å². The summed E-state index contributed by atoms with van der Waals surface area (Å²) in [6.45, 7) is 4.82. The lowest BCUT2D eigenvalue weighted by molar-refractivity contribution is 0.0346. The summed E-state index contributed by atoms with van der Waals surface area (Å²) in [6.07, 6.45) is 0. The van der Waals surface area contributed by atoms with E-state index in [9.17, 15) is 0 Å². The van der Waals surface area contributed by atoms with Crippen LogP contribution in [0.15, 0.2) is 24.3 Å². The molecule has 1 saturated heterocycles. The molecule has 1 aliphatic rings. The molecule has 1 aromatic heterocycles. The summed E-state index contributed by atoms with van der Waals surface area (Å²) in [5, 5.41) is 2.11. The number of nitrogens with zero attached hydrogens (tertiary/aromatic N) is 1. The summed E-state index contributed by atoms with van der Waals surface area (Å²) in [5.74, 6) is 0. The molecule has 17 heavy (non-hydrogen) atoms. The molecule has 0 N–H and O–H groups in total. The summed E-state index contributed by atoms with van der Waals surface area (Å²) < 4.78 is 6.63. The van der Waals surface area contributed by atoms with E-state index in [1.54, 1.807) is 0 Å². The van der Waals surface area contributed by atoms with E-state index in [1.807, 2.05) is 23.5 Å². The van der Waals surface area contributed by atoms with E-state index in [0.717, 1.165) is 37.9 Å². The van der Waals surface area contributed by atoms with E-state index >= 15 is 0 Å². The van der Waals surface area contributed by atoms with Gasteiger partial charge in [-0.3, -0.25) is 4.90 Å². The van der Waals surface area contributed by atoms with Crippen LogP contribution in [0.4, 0.5) is 0 Å². The summed E-state index contributed by atoms with van der Waals surface area (Å²) >= 11 is 7.84. The zero-order valence-corrected chi connectivity index (χ0v) is 11.1. The molecule has 0 atom stereocenters. The van der Waals surface area contributed by atoms with Crippen molar-refractivity contribution < 1.29 is 4.74 Å². The lowest BCUT2D eigenvalue weighted by atomic mass is 10.2. The van der Waals surface area contributed by atoms with Crippen molar-refractivity contribution in [3.8, 4) is 0 Å². The van der Waals surface area contributed by atoms with Crippen molar-refractivity contribution in [3.05, 3.63) is 34.2 Å². The second kappa shape index (κ2) is 4.94. The smallest absolute Gasteiger partial charge is 0.0594 e. The zero-order chi connectivity index (χ0) is 11.7. The van der Waals surface area contributed by atoms with Crippen LogP contribution in [0.2, 0.25) is 5.02 Å². The molecule has 1 fully saturated rings. The Morgan fingerprint density at radius 3 is 2.88 bits per heavy atom. The molecule has 0 spiro atoms. The Labute approximate surface area is 110 Å². The molecule has 0 amide bonds. The minimum absolute atomic E-state index is 0.817. The third-order valence-corrected chi connectivity index (χ3v) is 4.33. The molecule has 0 aliphatic carbocycles. The molecular weight excluding hydrogens is 254 g/mol. The van der Waals surface area contributed by atoms with Gasteiger partial charge in [0.15, 0.2) is 0 Å². The van der Waals surface area contributed by atoms with E-state index in [-0.39, 0.29) is 0 Å². The first-order valence-electron chi connectivity index (χ1n) is 5.79. The lowest BCUT2D eigenvalue weighted by Crippen LogP contribution is -2.35. The SMILES string of the molecule is Clc1ccc2cc(CN3CCOCC3)sc2c1. The first-order valence-corrected chi connectivity index (χ1v) is 6.99. The molecule has 4 heteroatoms. The Morgan fingerprint density at radius 2 is 2.06 bits per heavy atom. The lowest BCUT2D eigenvalue weighted by Gasteiger charge is -2.25. The van der Waals surface area contributed by atoms with Gasteiger partial charge in [-0.05, 0) is 23.6 Å². The van der Waals surface area contributed by atoms with Gasteiger partial charge < -0.3 is 4.74 Å². The van der Waals surface area contributed by atoms with Gasteiger partial charge in [-0.2, -0.15) is 0 Å². The van der Waals surface area contributed by atoms with Crippen molar-refractivity contribution >= 4 is 33.0 Å². The van der Waals surface area contributed by atoms with Gasteiger partial charge in [0.25, 0.3) is 0 Å². The quantitative estimate of drug-likeness (QED) is 0.827. The van der Waals surface area contributed by atoms with Crippen molar-refractivity contribution in [2.75, 3.05) is 26.3 Å². The van der Waals surface area contributed by atoms with E-state index in [2.05, 4.69) is 17.0 Å². The van der Waals surface area contributed by atoms with Crippen LogP contribution in [0.1, 0.15) is 4.88 Å². The number of ether oxygens (including phenoxy) is 1. The monoisotopic (exact) mass is 267 g/mol. The molecule has 1 aromatic carbocycles. The highest BCUT2D eigenvalue weighted by molar-refractivity contribution is 7.19. The van der Waals surface area contributed by atoms with Crippen LogP contribution in [-0.4, -0.2) is 31.2 Å². The van der Waals surface area contributed by atoms with E-state index in [1.165, 1.54) is 15.0 Å². The summed E-state index contributed by atoms with van der Waals surface area (Å²) in [4.78, 5) is 3.85. The number of morpholine rings is 1. The minimum Gasteiger partial charge on any atom is -0.379 e. The molecule has 2 heterocycles. The third-order valence-electron chi connectivity index (χ3n) is 3.02. The Morgan fingerprint density at radius 1 is 1.24 bits per heavy atom. The van der Waals surface area contributed by atoms with Crippen molar-refractivity contribution in [1.29, 1.82) is 0 Å². The van der Waals surface area contributed by atoms with Gasteiger partial charge in [0.05, 0.1) is 13.2 Å². The fraction of sp³-hybridized carbons (Fsp3) is 0.385. The molecule has 1 aliphatic heterocycles. The number of hydrogen-bond donors (Lipinski definition) is 0. The van der Waals surface area contributed by atoms with Crippen molar-refractivity contribution in [1.82, 2.24) is 4.90 Å². The standard InChI is InChI=1S/C13H14ClNOS/c14-11-2-1-10-7-12(17-13(10)8-11)9-15-3-5-16-6-4-15/h1-2,7-8H,3-6,9H2. The van der Waals surface area contributed by atoms with Gasteiger partial charge in [0.2, 0.25) is 0 Å². The summed E-state index contributed by atoms with van der Waals surface area (Å²) in [5.41, 5.74) is 0. The number of hydrogen-bond acceptors (Lipinski definition) is 3. The maximum atomic E-state index is 6.00. The first-order chi connectivity index (χ1) is 8.31. The average molecular weight is 268 g/mol. The van der Waals surface area contributed by atoms with Crippen LogP contribution in [0.25, 0.3) is 10.1 Å². The molecule has 2 nitrogen and oxygen atoms in total. The number of rotatable bonds is 2. The molecule has 0 bridgehead atoms. The Bertz CT molecular complexity index is 519. The zero-order valence-electron chi connectivity index (χ0n) is 9.49. The van der Waals surface area contributed by atoms with Crippen molar-refractivity contribution in [2.45, 2.75) is 6.54 Å². The Hall–Kier alpha value is -0.610. The fourth-order valence-corrected chi connectivity index (χ4v) is 3.50. The molecular formula is C13H14ClNOS. The topological polar surface area (TPSA) is 12.5 Å². The second-order valence-electron chi connectivity index (χ2n) is 4.28. The summed E-state index contributed by atoms with van der Waals surface area (Å²) in [7, 11) is 0. The third kappa shape index (κ3) is 2.63. The molecule has 0 unspecified atom stereocenters. The van der Waals surface area contributed by atoms with Crippen molar-refractivity contribution in [2.24, 2.45) is 0 Å². The highest BCUT2D eigenvalue weighted by atomic mass is 35.5. The molecule has 2 aromatic rings. The normalized spacial score (nSPS) is 17.7. The van der Waals surface area contributed by atoms with Gasteiger partial charge in [-0.15, -0.1) is 11.3 Å². The Balaban J connectivity index is 1.80. The first kappa shape index (κ1) is 11.5. The Kier molecular flexibility index (Phi) is 3.34. The van der Waals surface area contributed by atoms with Crippen LogP contribution in [-0.2, 0) is 11.3 Å². The van der Waals surface area contributed by atoms with E-state index in [4.69, 9.17) is 16.3 Å². The number of halogens is 1. The van der Waals surface area contributed by atoms with Crippen molar-refractivity contribution in [3.63, 3.8) is 0 Å². The fourth-order valence-electron chi connectivity index (χ4n) is 2.12. The van der Waals surface area contributed by atoms with Gasteiger partial charge in [0.1, 0.15) is 0 Å². The van der Waals surface area contributed by atoms with Crippen LogP contribution >= 0.6 is 22.9 Å². The van der Waals surface area contributed by atoms with Crippen LogP contribution < -0.4 is 0 Å². The van der Waals surface area contributed by atoms with Crippen LogP contribution in [0.3, 0.4) is 0 Å². The number of thiophene rings is 1. The second-order valence-corrected chi connectivity index (χ2v) is 5.89. The van der Waals surface area contributed by atoms with Gasteiger partial charge in [-0.1, -0.05) is 17.7 Å². The van der Waals surface area contributed by atoms with Crippen LogP contribution in [0.5, 0.6) is 0 Å². The molecule has 0 saturated carbocycles. The highest BCUT2D eigenvalue weighted by Gasteiger charge is 2.12. The largest absolute Gasteiger partial charge is 0.379 e. The highest BCUT2D eigenvalue weighted by Crippen LogP contribution is 2.29. The summed E-state index contributed by atoms with van der Waals surface area (Å²) in [6, 6.07) is 8.36. The number of benzene rings is 1. The predicted molar refractivity (Wildman–Crippen MR) is 72.9 cm³/mol. The molecule has 0 radical (unpaired) electrons. The average Bonchev–Trinajstić information content (AvgIpc) is 2.71. The molecule has 90 valence electrons. The van der Waals surface area contributed by atoms with Gasteiger partial charge >= 0.3 is 0 Å². The maximum Gasteiger partial charge on any atom is 0.0594 e. The van der Waals surface area contributed by atoms with Gasteiger partial charge in [0, 0.05) is 34.2 Å². The van der Waals surface area contributed by atoms with Gasteiger partial charge in [-0.25, -0.2) is 0 Å². The predicted octanol–water partition coefficient (Wildman–Crippen LogP) is 3.39.